The summed E-state index contributed by atoms with van der Waals surface area (Å²) >= 11 is 0. The smallest absolute Gasteiger partial charge is 0.478 e. The normalized spacial score (nSPS) is 11.6. The van der Waals surface area contributed by atoms with Crippen LogP contribution in [0, 0.1) is 0 Å². The Kier molecular flexibility index (Phi) is 8.33. The first-order chi connectivity index (χ1) is 10.6. The molecule has 0 aliphatic heterocycles. The van der Waals surface area contributed by atoms with Crippen LogP contribution in [0.2, 0.25) is 6.04 Å². The summed E-state index contributed by atoms with van der Waals surface area (Å²) < 4.78 is 17.4. The Hall–Kier alpha value is -1.21. The van der Waals surface area contributed by atoms with Gasteiger partial charge in [0.25, 0.3) is 0 Å². The van der Waals surface area contributed by atoms with Crippen LogP contribution >= 0.6 is 0 Å². The van der Waals surface area contributed by atoms with Gasteiger partial charge in [0.15, 0.2) is 0 Å². The number of hydrogen-bond acceptors (Lipinski definition) is 4. The molecule has 0 aliphatic carbocycles. The number of carboxylic acid groups (broad SMARTS) is 1. The lowest BCUT2D eigenvalue weighted by Crippen LogP contribution is -2.46. The largest absolute Gasteiger partial charge is 0.500 e. The molecule has 1 N–H and O–H groups in total. The van der Waals surface area contributed by atoms with Gasteiger partial charge in [-0.25, -0.2) is 4.79 Å². The minimum atomic E-state index is -2.57. The molecule has 22 heavy (non-hydrogen) atoms. The molecule has 0 unspecified atom stereocenters. The molecule has 0 atom stereocenters. The molecular weight excluding hydrogens is 300 g/mol. The zero-order chi connectivity index (χ0) is 16.4. The highest BCUT2D eigenvalue weighted by atomic mass is 28.4. The first-order valence-electron chi connectivity index (χ1n) is 7.81. The van der Waals surface area contributed by atoms with E-state index in [0.717, 1.165) is 24.4 Å². The number of hydrogen-bond donors (Lipinski definition) is 1. The van der Waals surface area contributed by atoms with E-state index in [1.54, 1.807) is 12.1 Å². The predicted molar refractivity (Wildman–Crippen MR) is 87.2 cm³/mol. The standard InChI is InChI=1S/C16H26O5Si/c1-4-19-22(20-5-2,21-6-3)13-7-8-14-9-11-15(12-10-14)16(17)18/h9-12H,4-8,13H2,1-3H3,(H,17,18). The molecule has 1 aromatic rings. The van der Waals surface area contributed by atoms with Crippen molar-refractivity contribution in [3.05, 3.63) is 35.4 Å². The van der Waals surface area contributed by atoms with Crippen LogP contribution in [0.3, 0.4) is 0 Å². The third kappa shape index (κ3) is 5.88. The molecule has 1 aromatic carbocycles. The van der Waals surface area contributed by atoms with E-state index in [-0.39, 0.29) is 0 Å². The molecule has 0 amide bonds. The lowest BCUT2D eigenvalue weighted by molar-refractivity contribution is 0.0692. The summed E-state index contributed by atoms with van der Waals surface area (Å²) in [6.45, 7) is 7.60. The zero-order valence-electron chi connectivity index (χ0n) is 13.6. The third-order valence-electron chi connectivity index (χ3n) is 3.24. The van der Waals surface area contributed by atoms with E-state index in [4.69, 9.17) is 18.4 Å². The maximum Gasteiger partial charge on any atom is 0.500 e. The molecule has 0 fully saturated rings. The van der Waals surface area contributed by atoms with E-state index in [1.807, 2.05) is 32.9 Å². The van der Waals surface area contributed by atoms with Gasteiger partial charge in [-0.15, -0.1) is 0 Å². The van der Waals surface area contributed by atoms with Gasteiger partial charge < -0.3 is 18.4 Å². The summed E-state index contributed by atoms with van der Waals surface area (Å²) in [4.78, 5) is 10.8. The molecule has 0 bridgehead atoms. The van der Waals surface area contributed by atoms with Crippen LogP contribution in [-0.4, -0.2) is 39.7 Å². The van der Waals surface area contributed by atoms with Crippen molar-refractivity contribution in [2.24, 2.45) is 0 Å². The summed E-state index contributed by atoms with van der Waals surface area (Å²) in [6.07, 6.45) is 1.74. The van der Waals surface area contributed by atoms with Gasteiger partial charge in [0.2, 0.25) is 0 Å². The van der Waals surface area contributed by atoms with Gasteiger partial charge in [-0.3, -0.25) is 0 Å². The van der Waals surface area contributed by atoms with Gasteiger partial charge in [-0.2, -0.15) is 0 Å². The lowest BCUT2D eigenvalue weighted by Gasteiger charge is -2.28. The average Bonchev–Trinajstić information content (AvgIpc) is 2.48. The van der Waals surface area contributed by atoms with Crippen molar-refractivity contribution in [1.82, 2.24) is 0 Å². The number of aryl methyl sites for hydroxylation is 1. The van der Waals surface area contributed by atoms with E-state index >= 15 is 0 Å². The minimum absolute atomic E-state index is 0.311. The van der Waals surface area contributed by atoms with Crippen molar-refractivity contribution in [3.63, 3.8) is 0 Å². The minimum Gasteiger partial charge on any atom is -0.478 e. The summed E-state index contributed by atoms with van der Waals surface area (Å²) in [5, 5.41) is 8.89. The molecule has 5 nitrogen and oxygen atoms in total. The molecule has 0 heterocycles. The Balaban J connectivity index is 2.58. The van der Waals surface area contributed by atoms with Crippen LogP contribution in [0.5, 0.6) is 0 Å². The first kappa shape index (κ1) is 18.8. The average molecular weight is 326 g/mol. The van der Waals surface area contributed by atoms with Gasteiger partial charge >= 0.3 is 14.8 Å². The summed E-state index contributed by atoms with van der Waals surface area (Å²) in [5.41, 5.74) is 1.42. The second kappa shape index (κ2) is 9.73. The van der Waals surface area contributed by atoms with E-state index < -0.39 is 14.8 Å². The molecule has 0 spiro atoms. The molecule has 0 radical (unpaired) electrons. The molecule has 6 heteroatoms. The maximum atomic E-state index is 10.8. The van der Waals surface area contributed by atoms with Gasteiger partial charge in [0, 0.05) is 25.9 Å². The van der Waals surface area contributed by atoms with Crippen molar-refractivity contribution >= 4 is 14.8 Å². The molecule has 1 rings (SSSR count). The fourth-order valence-corrected chi connectivity index (χ4v) is 4.94. The topological polar surface area (TPSA) is 65.0 Å². The van der Waals surface area contributed by atoms with Gasteiger partial charge in [0.05, 0.1) is 5.56 Å². The summed E-state index contributed by atoms with van der Waals surface area (Å²) in [5.74, 6) is -0.901. The highest BCUT2D eigenvalue weighted by molar-refractivity contribution is 6.60. The number of carboxylic acids is 1. The first-order valence-corrected chi connectivity index (χ1v) is 9.74. The van der Waals surface area contributed by atoms with E-state index in [1.165, 1.54) is 0 Å². The molecule has 0 saturated carbocycles. The van der Waals surface area contributed by atoms with E-state index in [2.05, 4.69) is 0 Å². The number of carbonyl (C=O) groups is 1. The van der Waals surface area contributed by atoms with Crippen LogP contribution in [0.15, 0.2) is 24.3 Å². The van der Waals surface area contributed by atoms with E-state index in [0.29, 0.717) is 25.4 Å². The Bertz CT molecular complexity index is 429. The van der Waals surface area contributed by atoms with Crippen molar-refractivity contribution in [2.45, 2.75) is 39.7 Å². The van der Waals surface area contributed by atoms with Gasteiger partial charge in [0.1, 0.15) is 0 Å². The monoisotopic (exact) mass is 326 g/mol. The fraction of sp³-hybridized carbons (Fsp3) is 0.562. The van der Waals surface area contributed by atoms with Crippen molar-refractivity contribution in [3.8, 4) is 0 Å². The second-order valence-corrected chi connectivity index (χ2v) is 7.57. The quantitative estimate of drug-likeness (QED) is 0.632. The molecule has 0 saturated heterocycles. The van der Waals surface area contributed by atoms with Crippen LogP contribution in [0.25, 0.3) is 0 Å². The lowest BCUT2D eigenvalue weighted by atomic mass is 10.1. The summed E-state index contributed by atoms with van der Waals surface area (Å²) in [6, 6.07) is 7.75. The predicted octanol–water partition coefficient (Wildman–Crippen LogP) is 3.37. The maximum absolute atomic E-state index is 10.8. The summed E-state index contributed by atoms with van der Waals surface area (Å²) in [7, 11) is -2.57. The number of rotatable bonds is 11. The van der Waals surface area contributed by atoms with E-state index in [9.17, 15) is 4.79 Å². The molecular formula is C16H26O5Si. The number of benzene rings is 1. The zero-order valence-corrected chi connectivity index (χ0v) is 14.6. The highest BCUT2D eigenvalue weighted by Gasteiger charge is 2.39. The van der Waals surface area contributed by atoms with Crippen LogP contribution in [0.1, 0.15) is 43.1 Å². The van der Waals surface area contributed by atoms with Crippen molar-refractivity contribution in [1.29, 1.82) is 0 Å². The van der Waals surface area contributed by atoms with Crippen molar-refractivity contribution in [2.75, 3.05) is 19.8 Å². The molecule has 124 valence electrons. The Labute approximate surface area is 133 Å². The highest BCUT2D eigenvalue weighted by Crippen LogP contribution is 2.20. The molecule has 0 aliphatic rings. The van der Waals surface area contributed by atoms with Crippen molar-refractivity contribution < 1.29 is 23.2 Å². The SMILES string of the molecule is CCO[Si](CCCc1ccc(C(=O)O)cc1)(OCC)OCC. The Morgan fingerprint density at radius 3 is 1.91 bits per heavy atom. The van der Waals surface area contributed by atoms with Crippen LogP contribution in [0.4, 0.5) is 0 Å². The molecule has 0 aromatic heterocycles. The number of aromatic carboxylic acids is 1. The van der Waals surface area contributed by atoms with Crippen LogP contribution < -0.4 is 0 Å². The Morgan fingerprint density at radius 2 is 1.50 bits per heavy atom. The third-order valence-corrected chi connectivity index (χ3v) is 6.39. The van der Waals surface area contributed by atoms with Gasteiger partial charge in [-0.05, 0) is 51.3 Å². The van der Waals surface area contributed by atoms with Gasteiger partial charge in [-0.1, -0.05) is 12.1 Å². The Morgan fingerprint density at radius 1 is 1.00 bits per heavy atom. The second-order valence-electron chi connectivity index (χ2n) is 4.84. The fourth-order valence-electron chi connectivity index (χ4n) is 2.32. The van der Waals surface area contributed by atoms with Crippen LogP contribution in [-0.2, 0) is 19.7 Å².